The molecule has 0 aliphatic heterocycles. The zero-order valence-corrected chi connectivity index (χ0v) is 8.77. The van der Waals surface area contributed by atoms with Crippen molar-refractivity contribution in [3.8, 4) is 0 Å². The minimum atomic E-state index is -1.49. The molecule has 18 heavy (non-hydrogen) atoms. The molecule has 6 nitrogen and oxygen atoms in total. The van der Waals surface area contributed by atoms with E-state index in [4.69, 9.17) is 5.11 Å². The molecule has 92 valence electrons. The van der Waals surface area contributed by atoms with Crippen LogP contribution in [0.15, 0.2) is 33.6 Å². The first-order chi connectivity index (χ1) is 8.50. The van der Waals surface area contributed by atoms with Crippen LogP contribution >= 0.6 is 0 Å². The quantitative estimate of drug-likeness (QED) is 0.793. The summed E-state index contributed by atoms with van der Waals surface area (Å²) in [6, 6.07) is 4.36. The van der Waals surface area contributed by atoms with Gasteiger partial charge >= 0.3 is 11.6 Å². The standard InChI is InChI=1S/C11H6FNO5/c12-6-3-1-5(2-4-6)9(14)7-8(10(15)16)13-18-11(7)17/h1-4,13H,(H,15,16). The van der Waals surface area contributed by atoms with E-state index in [2.05, 4.69) is 4.52 Å². The first-order valence-electron chi connectivity index (χ1n) is 4.75. The second-order valence-corrected chi connectivity index (χ2v) is 3.38. The number of halogens is 1. The van der Waals surface area contributed by atoms with Crippen LogP contribution < -0.4 is 5.63 Å². The Morgan fingerprint density at radius 3 is 2.39 bits per heavy atom. The predicted octanol–water partition coefficient (Wildman–Crippen LogP) is 1.04. The lowest BCUT2D eigenvalue weighted by atomic mass is 10.0. The molecule has 0 unspecified atom stereocenters. The van der Waals surface area contributed by atoms with E-state index in [1.807, 2.05) is 5.16 Å². The number of rotatable bonds is 3. The average molecular weight is 251 g/mol. The Morgan fingerprint density at radius 1 is 1.22 bits per heavy atom. The van der Waals surface area contributed by atoms with Crippen LogP contribution in [0.2, 0.25) is 0 Å². The maximum absolute atomic E-state index is 12.7. The normalized spacial score (nSPS) is 10.3. The van der Waals surface area contributed by atoms with E-state index in [0.717, 1.165) is 24.3 Å². The molecular formula is C11H6FNO5. The SMILES string of the molecule is O=C(O)c1[nH]oc(=O)c1C(=O)c1ccc(F)cc1. The fourth-order valence-corrected chi connectivity index (χ4v) is 1.40. The first kappa shape index (κ1) is 11.8. The van der Waals surface area contributed by atoms with Gasteiger partial charge in [-0.2, -0.15) is 0 Å². The molecule has 1 heterocycles. The molecule has 1 aromatic heterocycles. The van der Waals surface area contributed by atoms with Crippen molar-refractivity contribution in [2.24, 2.45) is 0 Å². The maximum Gasteiger partial charge on any atom is 0.369 e. The monoisotopic (exact) mass is 251 g/mol. The number of ketones is 1. The highest BCUT2D eigenvalue weighted by atomic mass is 19.1. The molecule has 2 aromatic rings. The van der Waals surface area contributed by atoms with Gasteiger partial charge in [-0.25, -0.2) is 19.1 Å². The first-order valence-corrected chi connectivity index (χ1v) is 4.75. The van der Waals surface area contributed by atoms with Crippen LogP contribution in [-0.2, 0) is 0 Å². The second-order valence-electron chi connectivity index (χ2n) is 3.38. The van der Waals surface area contributed by atoms with Crippen molar-refractivity contribution in [1.82, 2.24) is 5.16 Å². The van der Waals surface area contributed by atoms with E-state index in [-0.39, 0.29) is 5.56 Å². The average Bonchev–Trinajstić information content (AvgIpc) is 2.71. The molecular weight excluding hydrogens is 245 g/mol. The van der Waals surface area contributed by atoms with Crippen molar-refractivity contribution in [2.75, 3.05) is 0 Å². The number of aromatic amines is 1. The molecule has 1 aromatic carbocycles. The number of carbonyl (C=O) groups is 2. The zero-order chi connectivity index (χ0) is 13.3. The van der Waals surface area contributed by atoms with Crippen LogP contribution in [0.25, 0.3) is 0 Å². The smallest absolute Gasteiger partial charge is 0.369 e. The summed E-state index contributed by atoms with van der Waals surface area (Å²) in [5.74, 6) is -2.89. The molecule has 7 heteroatoms. The van der Waals surface area contributed by atoms with Gasteiger partial charge in [-0.3, -0.25) is 4.79 Å². The highest BCUT2D eigenvalue weighted by Crippen LogP contribution is 2.11. The lowest BCUT2D eigenvalue weighted by Crippen LogP contribution is -2.15. The Bertz CT molecular complexity index is 667. The summed E-state index contributed by atoms with van der Waals surface area (Å²) in [6.07, 6.45) is 0. The Hall–Kier alpha value is -2.70. The van der Waals surface area contributed by atoms with E-state index in [9.17, 15) is 18.8 Å². The highest BCUT2D eigenvalue weighted by molar-refractivity contribution is 6.13. The summed E-state index contributed by atoms with van der Waals surface area (Å²) in [5, 5.41) is 10.6. The summed E-state index contributed by atoms with van der Waals surface area (Å²) in [7, 11) is 0. The summed E-state index contributed by atoms with van der Waals surface area (Å²) >= 11 is 0. The van der Waals surface area contributed by atoms with E-state index in [1.165, 1.54) is 0 Å². The van der Waals surface area contributed by atoms with Gasteiger partial charge in [-0.1, -0.05) is 0 Å². The van der Waals surface area contributed by atoms with E-state index in [1.54, 1.807) is 0 Å². The summed E-state index contributed by atoms with van der Waals surface area (Å²) in [4.78, 5) is 34.0. The Labute approximate surface area is 98.6 Å². The van der Waals surface area contributed by atoms with Crippen molar-refractivity contribution in [1.29, 1.82) is 0 Å². The maximum atomic E-state index is 12.7. The second kappa shape index (κ2) is 4.28. The molecule has 0 aliphatic rings. The van der Waals surface area contributed by atoms with Crippen molar-refractivity contribution < 1.29 is 23.6 Å². The molecule has 0 spiro atoms. The third-order valence-corrected chi connectivity index (χ3v) is 2.25. The largest absolute Gasteiger partial charge is 0.476 e. The lowest BCUT2D eigenvalue weighted by molar-refractivity contribution is 0.0682. The summed E-state index contributed by atoms with van der Waals surface area (Å²) in [5.41, 5.74) is -2.34. The van der Waals surface area contributed by atoms with Gasteiger partial charge in [0.05, 0.1) is 0 Å². The molecule has 2 rings (SSSR count). The predicted molar refractivity (Wildman–Crippen MR) is 56.1 cm³/mol. The van der Waals surface area contributed by atoms with Crippen molar-refractivity contribution in [3.05, 3.63) is 57.3 Å². The third kappa shape index (κ3) is 1.93. The minimum absolute atomic E-state index is 0.00852. The van der Waals surface area contributed by atoms with Crippen LogP contribution in [0.1, 0.15) is 26.4 Å². The number of benzene rings is 1. The number of hydrogen-bond acceptors (Lipinski definition) is 4. The van der Waals surface area contributed by atoms with Gasteiger partial charge in [0.2, 0.25) is 5.78 Å². The van der Waals surface area contributed by atoms with Gasteiger partial charge in [0.25, 0.3) is 0 Å². The topological polar surface area (TPSA) is 100 Å². The molecule has 0 amide bonds. The van der Waals surface area contributed by atoms with Crippen LogP contribution in [0, 0.1) is 5.82 Å². The number of carboxylic acid groups (broad SMARTS) is 1. The van der Waals surface area contributed by atoms with Crippen molar-refractivity contribution >= 4 is 11.8 Å². The third-order valence-electron chi connectivity index (χ3n) is 2.25. The molecule has 0 saturated carbocycles. The van der Waals surface area contributed by atoms with Crippen LogP contribution in [0.4, 0.5) is 4.39 Å². The van der Waals surface area contributed by atoms with Gasteiger partial charge < -0.3 is 9.63 Å². The van der Waals surface area contributed by atoms with Crippen molar-refractivity contribution in [3.63, 3.8) is 0 Å². The van der Waals surface area contributed by atoms with E-state index < -0.39 is 34.5 Å². The summed E-state index contributed by atoms with van der Waals surface area (Å²) < 4.78 is 17.0. The van der Waals surface area contributed by atoms with Gasteiger partial charge in [-0.05, 0) is 24.3 Å². The Morgan fingerprint density at radius 2 is 1.83 bits per heavy atom. The molecule has 2 N–H and O–H groups in total. The van der Waals surface area contributed by atoms with Gasteiger partial charge in [0, 0.05) is 5.56 Å². The fraction of sp³-hybridized carbons (Fsp3) is 0. The Balaban J connectivity index is 2.52. The number of carbonyl (C=O) groups excluding carboxylic acids is 1. The van der Waals surface area contributed by atoms with E-state index >= 15 is 0 Å². The van der Waals surface area contributed by atoms with Gasteiger partial charge in [0.15, 0.2) is 5.69 Å². The molecule has 0 aliphatic carbocycles. The van der Waals surface area contributed by atoms with Gasteiger partial charge in [0.1, 0.15) is 11.4 Å². The number of hydrogen-bond donors (Lipinski definition) is 2. The fourth-order valence-electron chi connectivity index (χ4n) is 1.40. The number of nitrogens with one attached hydrogen (secondary N) is 1. The zero-order valence-electron chi connectivity index (χ0n) is 8.77. The number of carboxylic acids is 1. The minimum Gasteiger partial charge on any atom is -0.476 e. The molecule has 0 saturated heterocycles. The number of aromatic carboxylic acids is 1. The molecule has 0 atom stereocenters. The van der Waals surface area contributed by atoms with Crippen LogP contribution in [0.5, 0.6) is 0 Å². The van der Waals surface area contributed by atoms with Crippen molar-refractivity contribution in [2.45, 2.75) is 0 Å². The number of aromatic nitrogens is 1. The molecule has 0 fully saturated rings. The highest BCUT2D eigenvalue weighted by Gasteiger charge is 2.25. The lowest BCUT2D eigenvalue weighted by Gasteiger charge is -1.97. The van der Waals surface area contributed by atoms with Gasteiger partial charge in [-0.15, -0.1) is 0 Å². The van der Waals surface area contributed by atoms with Crippen LogP contribution in [0.3, 0.4) is 0 Å². The number of H-pyrrole nitrogens is 1. The Kier molecular flexibility index (Phi) is 2.80. The summed E-state index contributed by atoms with van der Waals surface area (Å²) in [6.45, 7) is 0. The molecule has 0 radical (unpaired) electrons. The van der Waals surface area contributed by atoms with E-state index in [0.29, 0.717) is 0 Å². The van der Waals surface area contributed by atoms with Crippen LogP contribution in [-0.4, -0.2) is 22.0 Å². The molecule has 0 bridgehead atoms.